The van der Waals surface area contributed by atoms with Crippen molar-refractivity contribution in [1.29, 1.82) is 0 Å². The van der Waals surface area contributed by atoms with Gasteiger partial charge in [0, 0.05) is 13.1 Å². The van der Waals surface area contributed by atoms with Crippen LogP contribution < -0.4 is 14.8 Å². The third kappa shape index (κ3) is 6.42. The second kappa shape index (κ2) is 10.9. The van der Waals surface area contributed by atoms with Crippen molar-refractivity contribution in [2.24, 2.45) is 0 Å². The van der Waals surface area contributed by atoms with Crippen molar-refractivity contribution in [2.75, 3.05) is 13.2 Å². The van der Waals surface area contributed by atoms with Crippen LogP contribution in [0.5, 0.6) is 11.5 Å². The molecule has 3 heteroatoms. The monoisotopic (exact) mass is 379 g/mol. The molecule has 0 bridgehead atoms. The van der Waals surface area contributed by atoms with E-state index in [4.69, 9.17) is 9.47 Å². The number of hydrogen-bond acceptors (Lipinski definition) is 3. The molecular weight excluding hydrogens is 346 g/mol. The Hall–Kier alpha value is -2.26. The number of benzene rings is 2. The number of nitrogens with one attached hydrogen (secondary N) is 1. The second-order valence-corrected chi connectivity index (χ2v) is 7.67. The van der Waals surface area contributed by atoms with E-state index in [1.807, 2.05) is 38.1 Å². The van der Waals surface area contributed by atoms with E-state index in [0.29, 0.717) is 6.61 Å². The van der Waals surface area contributed by atoms with E-state index in [-0.39, 0.29) is 6.10 Å². The van der Waals surface area contributed by atoms with Gasteiger partial charge in [-0.3, -0.25) is 0 Å². The van der Waals surface area contributed by atoms with Gasteiger partial charge in [-0.2, -0.15) is 0 Å². The summed E-state index contributed by atoms with van der Waals surface area (Å²) in [5, 5.41) is 3.49. The molecule has 150 valence electrons. The maximum absolute atomic E-state index is 5.91. The number of hydrogen-bond donors (Lipinski definition) is 1. The Morgan fingerprint density at radius 1 is 0.964 bits per heavy atom. The van der Waals surface area contributed by atoms with Crippen LogP contribution in [0.15, 0.2) is 54.6 Å². The van der Waals surface area contributed by atoms with Crippen molar-refractivity contribution in [3.8, 4) is 11.5 Å². The maximum Gasteiger partial charge on any atom is 0.161 e. The molecule has 0 atom stereocenters. The fourth-order valence-corrected chi connectivity index (χ4v) is 3.54. The SMILES string of the molecule is CC(C)Oc1ccccc1OCCNCc1cccc(C2=CCCCCC2)c1. The van der Waals surface area contributed by atoms with Gasteiger partial charge in [0.25, 0.3) is 0 Å². The third-order valence-corrected chi connectivity index (χ3v) is 4.92. The lowest BCUT2D eigenvalue weighted by molar-refractivity contribution is 0.221. The van der Waals surface area contributed by atoms with Crippen LogP contribution in [0.2, 0.25) is 0 Å². The highest BCUT2D eigenvalue weighted by atomic mass is 16.5. The van der Waals surface area contributed by atoms with Gasteiger partial charge in [0.1, 0.15) is 6.61 Å². The highest BCUT2D eigenvalue weighted by Gasteiger charge is 2.07. The largest absolute Gasteiger partial charge is 0.488 e. The van der Waals surface area contributed by atoms with E-state index in [9.17, 15) is 0 Å². The molecule has 1 aliphatic carbocycles. The van der Waals surface area contributed by atoms with Crippen LogP contribution in [-0.4, -0.2) is 19.3 Å². The predicted molar refractivity (Wildman–Crippen MR) is 117 cm³/mol. The van der Waals surface area contributed by atoms with Crippen LogP contribution >= 0.6 is 0 Å². The van der Waals surface area contributed by atoms with Gasteiger partial charge in [0.15, 0.2) is 11.5 Å². The van der Waals surface area contributed by atoms with Gasteiger partial charge < -0.3 is 14.8 Å². The lowest BCUT2D eigenvalue weighted by atomic mass is 9.99. The summed E-state index contributed by atoms with van der Waals surface area (Å²) in [7, 11) is 0. The topological polar surface area (TPSA) is 30.5 Å². The van der Waals surface area contributed by atoms with Crippen LogP contribution in [0, 0.1) is 0 Å². The van der Waals surface area contributed by atoms with Crippen molar-refractivity contribution >= 4 is 5.57 Å². The Morgan fingerprint density at radius 3 is 2.68 bits per heavy atom. The van der Waals surface area contributed by atoms with Crippen LogP contribution in [0.3, 0.4) is 0 Å². The molecule has 0 aromatic heterocycles. The van der Waals surface area contributed by atoms with Gasteiger partial charge in [-0.05, 0) is 68.4 Å². The molecule has 0 radical (unpaired) electrons. The molecule has 0 spiro atoms. The molecule has 0 aliphatic heterocycles. The van der Waals surface area contributed by atoms with Crippen LogP contribution in [0.25, 0.3) is 5.57 Å². The number of allylic oxidation sites excluding steroid dienone is 2. The summed E-state index contributed by atoms with van der Waals surface area (Å²) in [5.74, 6) is 1.61. The Kier molecular flexibility index (Phi) is 7.98. The minimum atomic E-state index is 0.138. The van der Waals surface area contributed by atoms with Crippen molar-refractivity contribution < 1.29 is 9.47 Å². The molecule has 2 aromatic rings. The first-order chi connectivity index (χ1) is 13.7. The average molecular weight is 380 g/mol. The summed E-state index contributed by atoms with van der Waals surface area (Å²) in [4.78, 5) is 0. The number of rotatable bonds is 9. The predicted octanol–water partition coefficient (Wildman–Crippen LogP) is 5.99. The fourth-order valence-electron chi connectivity index (χ4n) is 3.54. The normalized spacial score (nSPS) is 14.5. The third-order valence-electron chi connectivity index (χ3n) is 4.92. The molecule has 0 saturated carbocycles. The molecule has 1 N–H and O–H groups in total. The summed E-state index contributed by atoms with van der Waals surface area (Å²) >= 11 is 0. The first kappa shape index (κ1) is 20.5. The van der Waals surface area contributed by atoms with Gasteiger partial charge in [-0.1, -0.05) is 48.9 Å². The molecule has 0 unspecified atom stereocenters. The Labute approximate surface area is 169 Å². The van der Waals surface area contributed by atoms with E-state index in [1.54, 1.807) is 0 Å². The van der Waals surface area contributed by atoms with E-state index < -0.39 is 0 Å². The van der Waals surface area contributed by atoms with Crippen LogP contribution in [0.1, 0.15) is 57.1 Å². The first-order valence-electron chi connectivity index (χ1n) is 10.6. The molecular formula is C25H33NO2. The molecule has 2 aromatic carbocycles. The molecule has 0 heterocycles. The summed E-state index contributed by atoms with van der Waals surface area (Å²) in [6.45, 7) is 6.32. The van der Waals surface area contributed by atoms with Crippen molar-refractivity contribution in [3.63, 3.8) is 0 Å². The Morgan fingerprint density at radius 2 is 1.82 bits per heavy atom. The van der Waals surface area contributed by atoms with Gasteiger partial charge >= 0.3 is 0 Å². The number of ether oxygens (including phenoxy) is 2. The smallest absolute Gasteiger partial charge is 0.161 e. The van der Waals surface area contributed by atoms with Crippen LogP contribution in [0.4, 0.5) is 0 Å². The lowest BCUT2D eigenvalue weighted by Gasteiger charge is -2.15. The molecule has 28 heavy (non-hydrogen) atoms. The molecule has 1 aliphatic rings. The van der Waals surface area contributed by atoms with Gasteiger partial charge in [0.2, 0.25) is 0 Å². The lowest BCUT2D eigenvalue weighted by Crippen LogP contribution is -2.21. The summed E-state index contributed by atoms with van der Waals surface area (Å²) in [6, 6.07) is 16.8. The van der Waals surface area contributed by atoms with E-state index in [1.165, 1.54) is 48.8 Å². The minimum absolute atomic E-state index is 0.138. The molecule has 3 rings (SSSR count). The highest BCUT2D eigenvalue weighted by molar-refractivity contribution is 5.66. The summed E-state index contributed by atoms with van der Waals surface area (Å²) in [5.41, 5.74) is 4.23. The molecule has 0 fully saturated rings. The van der Waals surface area contributed by atoms with Gasteiger partial charge in [-0.25, -0.2) is 0 Å². The summed E-state index contributed by atoms with van der Waals surface area (Å²) < 4.78 is 11.7. The zero-order valence-corrected chi connectivity index (χ0v) is 17.2. The van der Waals surface area contributed by atoms with Crippen LogP contribution in [-0.2, 0) is 6.54 Å². The van der Waals surface area contributed by atoms with E-state index >= 15 is 0 Å². The maximum atomic E-state index is 5.91. The molecule has 3 nitrogen and oxygen atoms in total. The fraction of sp³-hybridized carbons (Fsp3) is 0.440. The Balaban J connectivity index is 1.46. The first-order valence-corrected chi connectivity index (χ1v) is 10.6. The van der Waals surface area contributed by atoms with E-state index in [2.05, 4.69) is 35.7 Å². The molecule has 0 saturated heterocycles. The molecule has 0 amide bonds. The zero-order valence-electron chi connectivity index (χ0n) is 17.2. The zero-order chi connectivity index (χ0) is 19.6. The minimum Gasteiger partial charge on any atom is -0.488 e. The summed E-state index contributed by atoms with van der Waals surface area (Å²) in [6.07, 6.45) is 9.00. The number of para-hydroxylation sites is 2. The standard InChI is InChI=1S/C25H33NO2/c1-20(2)28-25-15-8-7-14-24(25)27-17-16-26-19-21-10-9-13-23(18-21)22-11-5-3-4-6-12-22/h7-11,13-15,18,20,26H,3-6,12,16-17,19H2,1-2H3. The van der Waals surface area contributed by atoms with E-state index in [0.717, 1.165) is 24.6 Å². The van der Waals surface area contributed by atoms with Crippen molar-refractivity contribution in [1.82, 2.24) is 5.32 Å². The van der Waals surface area contributed by atoms with Crippen molar-refractivity contribution in [2.45, 2.75) is 58.6 Å². The average Bonchev–Trinajstić information content (AvgIpc) is 2.98. The quantitative estimate of drug-likeness (QED) is 0.543. The van der Waals surface area contributed by atoms with Gasteiger partial charge in [0.05, 0.1) is 6.10 Å². The van der Waals surface area contributed by atoms with Crippen molar-refractivity contribution in [3.05, 3.63) is 65.7 Å². The Bertz CT molecular complexity index is 767. The highest BCUT2D eigenvalue weighted by Crippen LogP contribution is 2.28. The second-order valence-electron chi connectivity index (χ2n) is 7.67. The van der Waals surface area contributed by atoms with Gasteiger partial charge in [-0.15, -0.1) is 0 Å².